The zero-order valence-corrected chi connectivity index (χ0v) is 21.2. The van der Waals surface area contributed by atoms with E-state index in [1.807, 2.05) is 0 Å². The molecule has 2 aromatic carbocycles. The lowest BCUT2D eigenvalue weighted by atomic mass is 9.72. The van der Waals surface area contributed by atoms with Gasteiger partial charge in [-0.3, -0.25) is 14.4 Å². The van der Waals surface area contributed by atoms with Gasteiger partial charge in [0.1, 0.15) is 29.5 Å². The maximum Gasteiger partial charge on any atom is 0.202 e. The number of Topliss-reactive ketones (excluding diaryl/α,β-unsaturated/α-hetero) is 1. The Labute approximate surface area is 222 Å². The number of phenols is 2. The van der Waals surface area contributed by atoms with Crippen molar-refractivity contribution in [2.45, 2.75) is 62.4 Å². The Hall–Kier alpha value is -3.39. The third-order valence-corrected chi connectivity index (χ3v) is 7.81. The third-order valence-electron chi connectivity index (χ3n) is 7.81. The molecule has 39 heavy (non-hydrogen) atoms. The highest BCUT2D eigenvalue weighted by atomic mass is 16.7. The predicted molar refractivity (Wildman–Crippen MR) is 132 cm³/mol. The van der Waals surface area contributed by atoms with Gasteiger partial charge >= 0.3 is 0 Å². The molecule has 12 nitrogen and oxygen atoms in total. The van der Waals surface area contributed by atoms with Crippen molar-refractivity contribution in [1.82, 2.24) is 0 Å². The van der Waals surface area contributed by atoms with Crippen LogP contribution in [0, 0.1) is 0 Å². The molecule has 12 heteroatoms. The van der Waals surface area contributed by atoms with Gasteiger partial charge in [-0.05, 0) is 13.0 Å². The zero-order valence-electron chi connectivity index (χ0n) is 21.2. The summed E-state index contributed by atoms with van der Waals surface area (Å²) in [6, 6.07) is 3.64. The number of aromatic hydroxyl groups is 2. The highest BCUT2D eigenvalue weighted by Gasteiger charge is 2.50. The number of carbonyl (C=O) groups excluding carboxylic acids is 3. The van der Waals surface area contributed by atoms with Crippen LogP contribution in [0.15, 0.2) is 18.2 Å². The van der Waals surface area contributed by atoms with E-state index in [2.05, 4.69) is 0 Å². The average molecular weight is 544 g/mol. The minimum atomic E-state index is -2.24. The fraction of sp³-hybridized carbons (Fsp3) is 0.444. The normalized spacial score (nSPS) is 29.8. The van der Waals surface area contributed by atoms with Crippen molar-refractivity contribution in [2.24, 2.45) is 5.73 Å². The molecule has 1 heterocycles. The van der Waals surface area contributed by atoms with E-state index in [4.69, 9.17) is 19.9 Å². The van der Waals surface area contributed by atoms with Gasteiger partial charge in [0, 0.05) is 42.0 Å². The summed E-state index contributed by atoms with van der Waals surface area (Å²) in [5.74, 6) is -3.77. The molecule has 0 saturated carbocycles. The first kappa shape index (κ1) is 27.2. The van der Waals surface area contributed by atoms with Crippen LogP contribution in [0.25, 0.3) is 0 Å². The molecule has 5 rings (SSSR count). The van der Waals surface area contributed by atoms with Crippen LogP contribution in [0.3, 0.4) is 0 Å². The van der Waals surface area contributed by atoms with Crippen molar-refractivity contribution >= 4 is 17.3 Å². The SMILES string of the molecule is COc1cccc2c1C(=O)c1c(O)c3c(c(O)c1C2=O)C[C@](O)(C(=O)CO)C[C@H]3O[C@@H]1C[C@@H](N)[C@@H](O)[C@@H](C)O1. The number of ketones is 3. The summed E-state index contributed by atoms with van der Waals surface area (Å²) in [7, 11) is 1.32. The van der Waals surface area contributed by atoms with E-state index in [1.165, 1.54) is 25.3 Å². The number of fused-ring (bicyclic) bond motifs is 3. The summed E-state index contributed by atoms with van der Waals surface area (Å²) >= 11 is 0. The van der Waals surface area contributed by atoms with Crippen molar-refractivity contribution in [3.63, 3.8) is 0 Å². The second-order valence-corrected chi connectivity index (χ2v) is 10.2. The van der Waals surface area contributed by atoms with Crippen LogP contribution in [0.5, 0.6) is 17.2 Å². The highest BCUT2D eigenvalue weighted by Crippen LogP contribution is 2.52. The van der Waals surface area contributed by atoms with Crippen LogP contribution in [-0.4, -0.2) is 86.7 Å². The molecular formula is C27H29NO11. The number of hydrogen-bond donors (Lipinski definition) is 6. The van der Waals surface area contributed by atoms with E-state index in [0.717, 1.165) is 0 Å². The number of hydrogen-bond acceptors (Lipinski definition) is 12. The molecule has 1 aliphatic heterocycles. The number of rotatable bonds is 5. The fourth-order valence-corrected chi connectivity index (χ4v) is 5.75. The molecule has 0 amide bonds. The lowest BCUT2D eigenvalue weighted by Gasteiger charge is -2.42. The summed E-state index contributed by atoms with van der Waals surface area (Å²) < 4.78 is 17.0. The lowest BCUT2D eigenvalue weighted by molar-refractivity contribution is -0.247. The Balaban J connectivity index is 1.69. The monoisotopic (exact) mass is 543 g/mol. The van der Waals surface area contributed by atoms with E-state index in [0.29, 0.717) is 0 Å². The Morgan fingerprint density at radius 3 is 2.49 bits per heavy atom. The molecule has 3 aliphatic rings. The quantitative estimate of drug-likeness (QED) is 0.235. The van der Waals surface area contributed by atoms with E-state index in [9.17, 15) is 39.9 Å². The van der Waals surface area contributed by atoms with Gasteiger partial charge in [-0.25, -0.2) is 0 Å². The number of aliphatic hydroxyl groups is 3. The number of ether oxygens (including phenoxy) is 3. The molecule has 0 aromatic heterocycles. The predicted octanol–water partition coefficient (Wildman–Crippen LogP) is 0.00130. The summed E-state index contributed by atoms with van der Waals surface area (Å²) in [5, 5.41) is 53.7. The van der Waals surface area contributed by atoms with Gasteiger partial charge in [-0.15, -0.1) is 0 Å². The van der Waals surface area contributed by atoms with E-state index < -0.39 is 95.7 Å². The van der Waals surface area contributed by atoms with Crippen molar-refractivity contribution in [3.05, 3.63) is 51.6 Å². The van der Waals surface area contributed by atoms with Gasteiger partial charge in [0.25, 0.3) is 0 Å². The van der Waals surface area contributed by atoms with Gasteiger partial charge < -0.3 is 45.5 Å². The number of carbonyl (C=O) groups is 3. The summed E-state index contributed by atoms with van der Waals surface area (Å²) in [4.78, 5) is 39.7. The largest absolute Gasteiger partial charge is 0.507 e. The lowest BCUT2D eigenvalue weighted by Crippen LogP contribution is -2.53. The minimum Gasteiger partial charge on any atom is -0.507 e. The smallest absolute Gasteiger partial charge is 0.202 e. The van der Waals surface area contributed by atoms with Crippen LogP contribution in [0.2, 0.25) is 0 Å². The second-order valence-electron chi connectivity index (χ2n) is 10.2. The first-order chi connectivity index (χ1) is 18.4. The number of benzene rings is 2. The molecule has 1 fully saturated rings. The molecule has 2 aliphatic carbocycles. The molecule has 2 aromatic rings. The van der Waals surface area contributed by atoms with Gasteiger partial charge in [0.2, 0.25) is 5.78 Å². The Morgan fingerprint density at radius 1 is 1.15 bits per heavy atom. The number of aliphatic hydroxyl groups excluding tert-OH is 2. The van der Waals surface area contributed by atoms with Gasteiger partial charge in [0.15, 0.2) is 17.9 Å². The molecule has 0 radical (unpaired) electrons. The van der Waals surface area contributed by atoms with Crippen molar-refractivity contribution in [2.75, 3.05) is 13.7 Å². The highest BCUT2D eigenvalue weighted by molar-refractivity contribution is 6.31. The maximum atomic E-state index is 13.6. The molecular weight excluding hydrogens is 514 g/mol. The molecule has 1 saturated heterocycles. The third kappa shape index (κ3) is 4.11. The van der Waals surface area contributed by atoms with E-state index in [1.54, 1.807) is 6.92 Å². The fourth-order valence-electron chi connectivity index (χ4n) is 5.75. The zero-order chi connectivity index (χ0) is 28.4. The van der Waals surface area contributed by atoms with E-state index in [-0.39, 0.29) is 34.4 Å². The van der Waals surface area contributed by atoms with E-state index >= 15 is 0 Å². The van der Waals surface area contributed by atoms with Gasteiger partial charge in [-0.2, -0.15) is 0 Å². The summed E-state index contributed by atoms with van der Waals surface area (Å²) in [6.45, 7) is 0.560. The van der Waals surface area contributed by atoms with Crippen LogP contribution in [0.4, 0.5) is 0 Å². The van der Waals surface area contributed by atoms with Crippen LogP contribution < -0.4 is 10.5 Å². The number of phenolic OH excluding ortho intramolecular Hbond substituents is 2. The summed E-state index contributed by atoms with van der Waals surface area (Å²) in [5.41, 5.74) is 2.37. The van der Waals surface area contributed by atoms with Crippen molar-refractivity contribution < 1.29 is 54.1 Å². The topological polar surface area (TPSA) is 206 Å². The molecule has 0 unspecified atom stereocenters. The molecule has 6 atom stereocenters. The van der Waals surface area contributed by atoms with Crippen LogP contribution >= 0.6 is 0 Å². The summed E-state index contributed by atoms with van der Waals surface area (Å²) in [6.07, 6.45) is -5.12. The standard InChI is InChI=1S/C27H29NO11/c1-10-22(31)13(28)6-17(38-10)39-15-8-27(36,16(30)9-29)7-12-19(15)26(35)21-20(24(12)33)23(32)11-4-3-5-14(37-2)18(11)25(21)34/h3-5,10,13,15,17,22,29,31,33,35-36H,6-9,28H2,1-2H3/t10-,13-,15-,17-,22+,27-/m1/s1. The van der Waals surface area contributed by atoms with Gasteiger partial charge in [-0.1, -0.05) is 12.1 Å². The molecule has 0 bridgehead atoms. The molecule has 0 spiro atoms. The van der Waals surface area contributed by atoms with Gasteiger partial charge in [0.05, 0.1) is 42.1 Å². The average Bonchev–Trinajstić information content (AvgIpc) is 2.90. The minimum absolute atomic E-state index is 0.0173. The number of nitrogens with two attached hydrogens (primary N) is 1. The second kappa shape index (κ2) is 9.66. The Bertz CT molecular complexity index is 1380. The first-order valence-corrected chi connectivity index (χ1v) is 12.4. The number of methoxy groups -OCH3 is 1. The molecule has 7 N–H and O–H groups in total. The van der Waals surface area contributed by atoms with Crippen molar-refractivity contribution in [1.29, 1.82) is 0 Å². The van der Waals surface area contributed by atoms with Crippen LogP contribution in [0.1, 0.15) is 68.8 Å². The van der Waals surface area contributed by atoms with Crippen molar-refractivity contribution in [3.8, 4) is 17.2 Å². The maximum absolute atomic E-state index is 13.6. The Morgan fingerprint density at radius 2 is 1.85 bits per heavy atom. The molecule has 208 valence electrons. The van der Waals surface area contributed by atoms with Crippen LogP contribution in [-0.2, 0) is 20.7 Å². The Kier molecular flexibility index (Phi) is 6.74. The first-order valence-electron chi connectivity index (χ1n) is 12.4.